The largest absolute Gasteiger partial charge is 0.207 e. The lowest BCUT2D eigenvalue weighted by atomic mass is 9.69. The molecule has 3 aliphatic carbocycles. The molecule has 0 bridgehead atoms. The molecule has 0 amide bonds. The molecule has 1 aromatic rings. The van der Waals surface area contributed by atoms with Crippen LogP contribution < -0.4 is 0 Å². The molecule has 0 atom stereocenters. The van der Waals surface area contributed by atoms with Gasteiger partial charge in [0, 0.05) is 5.41 Å². The zero-order valence-electron chi connectivity index (χ0n) is 8.85. The molecule has 0 radical (unpaired) electrons. The van der Waals surface area contributed by atoms with E-state index < -0.39 is 0 Å². The van der Waals surface area contributed by atoms with Crippen LogP contribution in [0, 0.1) is 11.2 Å². The summed E-state index contributed by atoms with van der Waals surface area (Å²) in [6.45, 7) is 0. The molecule has 1 aromatic carbocycles. The van der Waals surface area contributed by atoms with E-state index in [4.69, 9.17) is 0 Å². The average molecular weight is 202 g/mol. The van der Waals surface area contributed by atoms with Gasteiger partial charge in [-0.05, 0) is 61.1 Å². The average Bonchev–Trinajstić information content (AvgIpc) is 3.08. The van der Waals surface area contributed by atoms with E-state index in [1.807, 2.05) is 6.07 Å². The standard InChI is InChI=1S/C14H15F/c15-11-3-1-2-10-4-5-13(6-7-13)14(8-9-14)12(10)11/h1-3H,4-9H2. The normalized spacial score (nSPS) is 27.8. The Morgan fingerprint density at radius 1 is 1.00 bits per heavy atom. The van der Waals surface area contributed by atoms with Crippen LogP contribution in [0.2, 0.25) is 0 Å². The lowest BCUT2D eigenvalue weighted by molar-refractivity contribution is 0.316. The molecule has 2 spiro atoms. The van der Waals surface area contributed by atoms with Gasteiger partial charge in [0.1, 0.15) is 5.82 Å². The highest BCUT2D eigenvalue weighted by Gasteiger charge is 2.67. The topological polar surface area (TPSA) is 0 Å². The summed E-state index contributed by atoms with van der Waals surface area (Å²) in [7, 11) is 0. The summed E-state index contributed by atoms with van der Waals surface area (Å²) in [5.74, 6) is 0.0657. The van der Waals surface area contributed by atoms with E-state index >= 15 is 0 Å². The van der Waals surface area contributed by atoms with Gasteiger partial charge in [-0.25, -0.2) is 4.39 Å². The van der Waals surface area contributed by atoms with Crippen molar-refractivity contribution in [3.63, 3.8) is 0 Å². The zero-order valence-corrected chi connectivity index (χ0v) is 8.85. The molecule has 0 heterocycles. The van der Waals surface area contributed by atoms with Gasteiger partial charge in [-0.2, -0.15) is 0 Å². The lowest BCUT2D eigenvalue weighted by Crippen LogP contribution is -2.30. The second-order valence-corrected chi connectivity index (χ2v) is 5.64. The second kappa shape index (κ2) is 2.28. The van der Waals surface area contributed by atoms with Crippen LogP contribution in [0.1, 0.15) is 43.2 Å². The van der Waals surface area contributed by atoms with E-state index in [2.05, 4.69) is 6.07 Å². The maximum absolute atomic E-state index is 14.0. The highest BCUT2D eigenvalue weighted by molar-refractivity contribution is 5.47. The van der Waals surface area contributed by atoms with Crippen LogP contribution in [0.15, 0.2) is 18.2 Å². The third-order valence-electron chi connectivity index (χ3n) is 5.07. The van der Waals surface area contributed by atoms with Crippen molar-refractivity contribution in [2.75, 3.05) is 0 Å². The summed E-state index contributed by atoms with van der Waals surface area (Å²) in [5.41, 5.74) is 3.22. The fourth-order valence-corrected chi connectivity index (χ4v) is 3.98. The van der Waals surface area contributed by atoms with Gasteiger partial charge >= 0.3 is 0 Å². The highest BCUT2D eigenvalue weighted by Crippen LogP contribution is 2.74. The first kappa shape index (κ1) is 8.32. The van der Waals surface area contributed by atoms with E-state index in [0.717, 1.165) is 12.0 Å². The smallest absolute Gasteiger partial charge is 0.127 e. The number of fused-ring (bicyclic) bond motifs is 3. The van der Waals surface area contributed by atoms with Crippen molar-refractivity contribution in [1.29, 1.82) is 0 Å². The minimum absolute atomic E-state index is 0.0657. The summed E-state index contributed by atoms with van der Waals surface area (Å²) >= 11 is 0. The van der Waals surface area contributed by atoms with Gasteiger partial charge in [0.25, 0.3) is 0 Å². The maximum Gasteiger partial charge on any atom is 0.127 e. The van der Waals surface area contributed by atoms with Crippen LogP contribution in [0.4, 0.5) is 4.39 Å². The van der Waals surface area contributed by atoms with Crippen molar-refractivity contribution in [3.8, 4) is 0 Å². The molecule has 0 nitrogen and oxygen atoms in total. The van der Waals surface area contributed by atoms with Gasteiger partial charge in [0.05, 0.1) is 0 Å². The first-order chi connectivity index (χ1) is 7.28. The molecular formula is C14H15F. The van der Waals surface area contributed by atoms with Crippen molar-refractivity contribution < 1.29 is 4.39 Å². The third-order valence-corrected chi connectivity index (χ3v) is 5.07. The zero-order chi connectivity index (χ0) is 10.1. The first-order valence-corrected chi connectivity index (χ1v) is 6.05. The predicted molar refractivity (Wildman–Crippen MR) is 57.3 cm³/mol. The SMILES string of the molecule is Fc1cccc2c1C1(CC1)C1(CC2)CC1. The van der Waals surface area contributed by atoms with Crippen LogP contribution in [0.25, 0.3) is 0 Å². The number of rotatable bonds is 0. The monoisotopic (exact) mass is 202 g/mol. The predicted octanol–water partition coefficient (Wildman–Crippen LogP) is 3.58. The molecule has 2 saturated carbocycles. The molecule has 0 aromatic heterocycles. The van der Waals surface area contributed by atoms with Crippen molar-refractivity contribution in [2.45, 2.75) is 43.9 Å². The van der Waals surface area contributed by atoms with Crippen molar-refractivity contribution in [2.24, 2.45) is 5.41 Å². The molecular weight excluding hydrogens is 187 g/mol. The minimum Gasteiger partial charge on any atom is -0.207 e. The second-order valence-electron chi connectivity index (χ2n) is 5.64. The van der Waals surface area contributed by atoms with E-state index in [-0.39, 0.29) is 11.2 Å². The van der Waals surface area contributed by atoms with E-state index in [0.29, 0.717) is 5.41 Å². The Bertz CT molecular complexity index is 439. The third kappa shape index (κ3) is 0.839. The van der Waals surface area contributed by atoms with Gasteiger partial charge < -0.3 is 0 Å². The van der Waals surface area contributed by atoms with Crippen LogP contribution in [-0.4, -0.2) is 0 Å². The van der Waals surface area contributed by atoms with Crippen molar-refractivity contribution in [3.05, 3.63) is 35.1 Å². The summed E-state index contributed by atoms with van der Waals surface area (Å²) in [5, 5.41) is 0. The quantitative estimate of drug-likeness (QED) is 0.603. The Morgan fingerprint density at radius 3 is 2.47 bits per heavy atom. The van der Waals surface area contributed by atoms with E-state index in [1.165, 1.54) is 37.7 Å². The molecule has 4 rings (SSSR count). The summed E-state index contributed by atoms with van der Waals surface area (Å²) in [6, 6.07) is 5.66. The highest BCUT2D eigenvalue weighted by atomic mass is 19.1. The molecule has 2 fully saturated rings. The van der Waals surface area contributed by atoms with Gasteiger partial charge in [-0.1, -0.05) is 12.1 Å². The Labute approximate surface area is 89.5 Å². The number of aryl methyl sites for hydroxylation is 1. The Morgan fingerprint density at radius 2 is 1.80 bits per heavy atom. The number of hydrogen-bond donors (Lipinski definition) is 0. The molecule has 78 valence electrons. The molecule has 0 aliphatic heterocycles. The summed E-state index contributed by atoms with van der Waals surface area (Å²) in [4.78, 5) is 0. The van der Waals surface area contributed by atoms with Gasteiger partial charge in [0.15, 0.2) is 0 Å². The maximum atomic E-state index is 14.0. The number of hydrogen-bond acceptors (Lipinski definition) is 0. The number of benzene rings is 1. The number of halogens is 1. The first-order valence-electron chi connectivity index (χ1n) is 6.05. The Kier molecular flexibility index (Phi) is 1.27. The van der Waals surface area contributed by atoms with Crippen molar-refractivity contribution >= 4 is 0 Å². The molecule has 0 unspecified atom stereocenters. The summed E-state index contributed by atoms with van der Waals surface area (Å²) in [6.07, 6.45) is 7.59. The molecule has 15 heavy (non-hydrogen) atoms. The Hall–Kier alpha value is -0.850. The van der Waals surface area contributed by atoms with Gasteiger partial charge in [-0.15, -0.1) is 0 Å². The molecule has 1 heteroatoms. The van der Waals surface area contributed by atoms with Crippen LogP contribution >= 0.6 is 0 Å². The molecule has 0 N–H and O–H groups in total. The molecule has 0 saturated heterocycles. The fourth-order valence-electron chi connectivity index (χ4n) is 3.98. The molecule has 3 aliphatic rings. The van der Waals surface area contributed by atoms with Gasteiger partial charge in [-0.3, -0.25) is 0 Å². The van der Waals surface area contributed by atoms with Crippen LogP contribution in [-0.2, 0) is 11.8 Å². The Balaban J connectivity index is 1.97. The van der Waals surface area contributed by atoms with Crippen molar-refractivity contribution in [1.82, 2.24) is 0 Å². The van der Waals surface area contributed by atoms with Crippen LogP contribution in [0.3, 0.4) is 0 Å². The van der Waals surface area contributed by atoms with Crippen LogP contribution in [0.5, 0.6) is 0 Å². The summed E-state index contributed by atoms with van der Waals surface area (Å²) < 4.78 is 14.0. The lowest BCUT2D eigenvalue weighted by Gasteiger charge is -2.34. The van der Waals surface area contributed by atoms with E-state index in [9.17, 15) is 4.39 Å². The fraction of sp³-hybridized carbons (Fsp3) is 0.571. The van der Waals surface area contributed by atoms with Gasteiger partial charge in [0.2, 0.25) is 0 Å². The minimum atomic E-state index is 0.0657. The van der Waals surface area contributed by atoms with E-state index in [1.54, 1.807) is 6.07 Å².